The van der Waals surface area contributed by atoms with Crippen molar-refractivity contribution in [1.82, 2.24) is 19.7 Å². The number of amides is 1. The number of halogens is 2. The molecule has 2 aromatic carbocycles. The Morgan fingerprint density at radius 2 is 1.95 bits per heavy atom. The van der Waals surface area contributed by atoms with Crippen molar-refractivity contribution in [1.29, 1.82) is 0 Å². The minimum Gasteiger partial charge on any atom is -0.480 e. The maximum absolute atomic E-state index is 14.2. The van der Waals surface area contributed by atoms with Gasteiger partial charge in [0.25, 0.3) is 0 Å². The number of anilines is 1. The highest BCUT2D eigenvalue weighted by molar-refractivity contribution is 7.12. The largest absolute Gasteiger partial charge is 0.480 e. The summed E-state index contributed by atoms with van der Waals surface area (Å²) < 4.78 is 40.5. The van der Waals surface area contributed by atoms with Crippen molar-refractivity contribution in [2.45, 2.75) is 39.2 Å². The predicted octanol–water partition coefficient (Wildman–Crippen LogP) is 6.30. The molecule has 0 N–H and O–H groups in total. The predicted molar refractivity (Wildman–Crippen MR) is 139 cm³/mol. The Morgan fingerprint density at radius 3 is 2.66 bits per heavy atom. The van der Waals surface area contributed by atoms with Crippen molar-refractivity contribution >= 4 is 34.0 Å². The molecule has 5 aromatic rings. The summed E-state index contributed by atoms with van der Waals surface area (Å²) in [5.41, 5.74) is 4.33. The summed E-state index contributed by atoms with van der Waals surface area (Å²) in [5, 5.41) is 6.48. The molecule has 0 unspecified atom stereocenters. The van der Waals surface area contributed by atoms with Gasteiger partial charge in [-0.1, -0.05) is 11.2 Å². The molecular formula is C27H23F2N5O3S. The molecule has 1 saturated heterocycles. The lowest BCUT2D eigenvalue weighted by Crippen LogP contribution is -2.39. The molecule has 1 fully saturated rings. The number of carbonyl (C=O) groups is 1. The zero-order valence-electron chi connectivity index (χ0n) is 20.9. The van der Waals surface area contributed by atoms with Gasteiger partial charge in [-0.3, -0.25) is 9.36 Å². The number of hydrogen-bond donors (Lipinski definition) is 0. The number of imidazole rings is 1. The molecule has 8 nitrogen and oxygen atoms in total. The SMILES string of the molecule is COc1csc(-n2c([C@@H]3CCCC(=O)N3c3ccc(F)c(F)c3)nc3cc(-c4c(C)noc4C)ccc32)n1. The third kappa shape index (κ3) is 3.94. The van der Waals surface area contributed by atoms with Crippen LogP contribution in [-0.4, -0.2) is 32.7 Å². The topological polar surface area (TPSA) is 86.3 Å². The molecule has 0 spiro atoms. The van der Waals surface area contributed by atoms with Crippen molar-refractivity contribution in [2.24, 2.45) is 0 Å². The number of hydrogen-bond acceptors (Lipinski definition) is 7. The van der Waals surface area contributed by atoms with Crippen LogP contribution in [0.25, 0.3) is 27.3 Å². The van der Waals surface area contributed by atoms with E-state index in [0.29, 0.717) is 47.4 Å². The van der Waals surface area contributed by atoms with E-state index in [-0.39, 0.29) is 11.6 Å². The minimum absolute atomic E-state index is 0.181. The van der Waals surface area contributed by atoms with E-state index in [0.717, 1.165) is 34.5 Å². The second-order valence-corrected chi connectivity index (χ2v) is 9.99. The highest BCUT2D eigenvalue weighted by atomic mass is 32.1. The van der Waals surface area contributed by atoms with Crippen LogP contribution < -0.4 is 9.64 Å². The van der Waals surface area contributed by atoms with Gasteiger partial charge in [0.05, 0.1) is 35.3 Å². The molecule has 1 atom stereocenters. The molecule has 0 bridgehead atoms. The van der Waals surface area contributed by atoms with Crippen LogP contribution in [0.1, 0.15) is 42.6 Å². The number of carbonyl (C=O) groups excluding carboxylic acids is 1. The maximum Gasteiger partial charge on any atom is 0.227 e. The molecule has 6 rings (SSSR count). The Kier molecular flexibility index (Phi) is 5.94. The van der Waals surface area contributed by atoms with Crippen LogP contribution in [0.4, 0.5) is 14.5 Å². The highest BCUT2D eigenvalue weighted by Crippen LogP contribution is 2.40. The van der Waals surface area contributed by atoms with Crippen molar-refractivity contribution < 1.29 is 22.8 Å². The Morgan fingerprint density at radius 1 is 1.11 bits per heavy atom. The number of thiazole rings is 1. The van der Waals surface area contributed by atoms with Crippen LogP contribution >= 0.6 is 11.3 Å². The quantitative estimate of drug-likeness (QED) is 0.263. The molecule has 38 heavy (non-hydrogen) atoms. The van der Waals surface area contributed by atoms with E-state index in [4.69, 9.17) is 14.2 Å². The van der Waals surface area contributed by atoms with Crippen molar-refractivity contribution in [3.8, 4) is 22.1 Å². The van der Waals surface area contributed by atoms with E-state index in [2.05, 4.69) is 10.1 Å². The van der Waals surface area contributed by atoms with E-state index < -0.39 is 17.7 Å². The van der Waals surface area contributed by atoms with Gasteiger partial charge in [0.1, 0.15) is 11.6 Å². The zero-order chi connectivity index (χ0) is 26.6. The third-order valence-electron chi connectivity index (χ3n) is 6.80. The van der Waals surface area contributed by atoms with Gasteiger partial charge in [0, 0.05) is 23.7 Å². The van der Waals surface area contributed by atoms with E-state index in [9.17, 15) is 13.6 Å². The van der Waals surface area contributed by atoms with Crippen molar-refractivity contribution in [3.63, 3.8) is 0 Å². The smallest absolute Gasteiger partial charge is 0.227 e. The van der Waals surface area contributed by atoms with Crippen molar-refractivity contribution in [2.75, 3.05) is 12.0 Å². The molecular weight excluding hydrogens is 512 g/mol. The van der Waals surface area contributed by atoms with E-state index in [1.165, 1.54) is 22.3 Å². The lowest BCUT2D eigenvalue weighted by atomic mass is 9.99. The van der Waals surface area contributed by atoms with Crippen LogP contribution in [0.15, 0.2) is 46.3 Å². The molecule has 0 aliphatic carbocycles. The number of ether oxygens (including phenoxy) is 1. The molecule has 1 aliphatic rings. The third-order valence-corrected chi connectivity index (χ3v) is 7.61. The second-order valence-electron chi connectivity index (χ2n) is 9.15. The van der Waals surface area contributed by atoms with Crippen LogP contribution in [0.3, 0.4) is 0 Å². The molecule has 1 amide bonds. The summed E-state index contributed by atoms with van der Waals surface area (Å²) in [7, 11) is 1.55. The molecule has 1 aliphatic heterocycles. The van der Waals surface area contributed by atoms with E-state index in [1.807, 2.05) is 36.6 Å². The van der Waals surface area contributed by atoms with Crippen LogP contribution in [-0.2, 0) is 4.79 Å². The van der Waals surface area contributed by atoms with Crippen LogP contribution in [0.2, 0.25) is 0 Å². The number of aromatic nitrogens is 4. The number of nitrogens with zero attached hydrogens (tertiary/aromatic N) is 5. The Balaban J connectivity index is 1.56. The van der Waals surface area contributed by atoms with Crippen molar-refractivity contribution in [3.05, 3.63) is 70.7 Å². The normalized spacial score (nSPS) is 16.0. The fraction of sp³-hybridized carbons (Fsp3) is 0.259. The Bertz CT molecular complexity index is 1670. The first-order chi connectivity index (χ1) is 18.4. The first-order valence-corrected chi connectivity index (χ1v) is 13.0. The first kappa shape index (κ1) is 24.2. The zero-order valence-corrected chi connectivity index (χ0v) is 21.7. The maximum atomic E-state index is 14.2. The molecule has 4 heterocycles. The van der Waals surface area contributed by atoms with Crippen LogP contribution in [0.5, 0.6) is 5.88 Å². The van der Waals surface area contributed by atoms with Gasteiger partial charge in [0.2, 0.25) is 11.8 Å². The summed E-state index contributed by atoms with van der Waals surface area (Å²) >= 11 is 1.38. The Labute approximate surface area is 220 Å². The average Bonchev–Trinajstić information content (AvgIpc) is 3.61. The lowest BCUT2D eigenvalue weighted by molar-refractivity contribution is -0.120. The summed E-state index contributed by atoms with van der Waals surface area (Å²) in [4.78, 5) is 24.3. The minimum atomic E-state index is -1.01. The number of fused-ring (bicyclic) bond motifs is 1. The number of rotatable bonds is 5. The Hall–Kier alpha value is -4.12. The van der Waals surface area contributed by atoms with Gasteiger partial charge in [0.15, 0.2) is 16.8 Å². The molecule has 11 heteroatoms. The summed E-state index contributed by atoms with van der Waals surface area (Å²) in [6.45, 7) is 3.74. The number of benzene rings is 2. The van der Waals surface area contributed by atoms with E-state index >= 15 is 0 Å². The summed E-state index contributed by atoms with van der Waals surface area (Å²) in [6.07, 6.45) is 1.53. The van der Waals surface area contributed by atoms with Gasteiger partial charge in [-0.15, -0.1) is 11.3 Å². The number of piperidine rings is 1. The van der Waals surface area contributed by atoms with Crippen LogP contribution in [0, 0.1) is 25.5 Å². The molecule has 0 saturated carbocycles. The summed E-state index contributed by atoms with van der Waals surface area (Å²) in [6, 6.07) is 8.87. The lowest BCUT2D eigenvalue weighted by Gasteiger charge is -2.35. The number of methoxy groups -OCH3 is 1. The molecule has 0 radical (unpaired) electrons. The summed E-state index contributed by atoms with van der Waals surface area (Å²) in [5.74, 6) is -0.425. The average molecular weight is 536 g/mol. The van der Waals surface area contributed by atoms with Gasteiger partial charge in [-0.05, 0) is 56.5 Å². The van der Waals surface area contributed by atoms with Gasteiger partial charge in [-0.25, -0.2) is 13.8 Å². The molecule has 3 aromatic heterocycles. The fourth-order valence-corrected chi connectivity index (χ4v) is 5.89. The monoisotopic (exact) mass is 535 g/mol. The molecule has 194 valence electrons. The van der Waals surface area contributed by atoms with Gasteiger partial charge in [-0.2, -0.15) is 4.98 Å². The van der Waals surface area contributed by atoms with Gasteiger partial charge < -0.3 is 14.2 Å². The van der Waals surface area contributed by atoms with E-state index in [1.54, 1.807) is 12.5 Å². The second kappa shape index (κ2) is 9.32. The fourth-order valence-electron chi connectivity index (χ4n) is 5.09. The van der Waals surface area contributed by atoms with Gasteiger partial charge >= 0.3 is 0 Å². The highest BCUT2D eigenvalue weighted by Gasteiger charge is 2.35. The standard InChI is InChI=1S/C27H23F2N5O3S/c1-14-25(15(2)37-32-14)16-7-10-21-20(11-16)30-26(34(21)27-31-23(36-3)13-38-27)22-5-4-6-24(35)33(22)17-8-9-18(28)19(29)12-17/h7-13,22H,4-6H2,1-3H3/t22-/m0/s1. The number of aryl methyl sites for hydroxylation is 2. The first-order valence-electron chi connectivity index (χ1n) is 12.1.